The normalized spacial score (nSPS) is 18.3. The molecule has 0 radical (unpaired) electrons. The lowest BCUT2D eigenvalue weighted by Gasteiger charge is -2.46. The minimum absolute atomic E-state index is 0.0538. The molecule has 0 spiro atoms. The van der Waals surface area contributed by atoms with Gasteiger partial charge in [0.15, 0.2) is 28.2 Å². The summed E-state index contributed by atoms with van der Waals surface area (Å²) in [5, 5.41) is 27.9. The Kier molecular flexibility index (Phi) is 7.41. The van der Waals surface area contributed by atoms with Crippen LogP contribution >= 0.6 is 11.6 Å². The smallest absolute Gasteiger partial charge is 0.426 e. The van der Waals surface area contributed by atoms with Crippen molar-refractivity contribution in [2.75, 3.05) is 6.61 Å². The summed E-state index contributed by atoms with van der Waals surface area (Å²) in [5.41, 5.74) is 3.38. The average molecular weight is 494 g/mol. The van der Waals surface area contributed by atoms with Gasteiger partial charge < -0.3 is 25.0 Å². The first-order chi connectivity index (χ1) is 14.8. The van der Waals surface area contributed by atoms with Crippen LogP contribution in [0, 0.1) is 0 Å². The van der Waals surface area contributed by atoms with Crippen molar-refractivity contribution < 1.29 is 47.7 Å². The van der Waals surface area contributed by atoms with E-state index < -0.39 is 74.5 Å². The van der Waals surface area contributed by atoms with Crippen molar-refractivity contribution in [2.24, 2.45) is 0 Å². The highest BCUT2D eigenvalue weighted by atomic mass is 35.5. The molecule has 1 aromatic rings. The molecule has 2 rings (SSSR count). The van der Waals surface area contributed by atoms with E-state index in [1.54, 1.807) is 6.92 Å². The van der Waals surface area contributed by atoms with Crippen LogP contribution in [0.1, 0.15) is 30.6 Å². The van der Waals surface area contributed by atoms with Crippen LogP contribution < -0.4 is 10.9 Å². The number of aliphatic carboxylic acids is 1. The van der Waals surface area contributed by atoms with Crippen LogP contribution in [0.5, 0.6) is 11.5 Å². The molecule has 176 valence electrons. The van der Waals surface area contributed by atoms with E-state index in [-0.39, 0.29) is 12.0 Å². The maximum atomic E-state index is 12.1. The van der Waals surface area contributed by atoms with Gasteiger partial charge in [0, 0.05) is 12.5 Å². The van der Waals surface area contributed by atoms with Gasteiger partial charge in [-0.25, -0.2) is 23.4 Å². The van der Waals surface area contributed by atoms with Gasteiger partial charge >= 0.3 is 12.1 Å². The number of phenols is 2. The number of β-lactam (4-membered cyclic amide) rings is 1. The van der Waals surface area contributed by atoms with Crippen LogP contribution in [0.3, 0.4) is 0 Å². The molecule has 3 amide bonds. The van der Waals surface area contributed by atoms with E-state index in [0.29, 0.717) is 0 Å². The molecule has 1 fully saturated rings. The number of carbonyl (C=O) groups is 4. The Morgan fingerprint density at radius 2 is 1.94 bits per heavy atom. The number of benzene rings is 1. The number of rotatable bonds is 7. The molecule has 0 aromatic heterocycles. The maximum Gasteiger partial charge on any atom is 0.426 e. The van der Waals surface area contributed by atoms with E-state index >= 15 is 0 Å². The number of nitrogens with zero attached hydrogens (tertiary/aromatic N) is 1. The maximum absolute atomic E-state index is 12.1. The summed E-state index contributed by atoms with van der Waals surface area (Å²) in [6.45, 7) is 1.62. The largest absolute Gasteiger partial charge is 0.504 e. The first kappa shape index (κ1) is 25.0. The Morgan fingerprint density at radius 3 is 2.44 bits per heavy atom. The standard InChI is InChI=1S/C17H20ClN3O10S/c1-7-5-10(23)21(7)13(15(26)27)17(2,32(29)30)6-31-16(28)20-19-14(25)8-3-4-9(22)12(24)11(8)18/h3-4,7,13,22,24,32H,5-6H2,1-2H3,(H,19,25)(H,20,28)(H,26,27)/t7-,13+,17+/m1/s1. The molecule has 0 unspecified atom stereocenters. The van der Waals surface area contributed by atoms with Gasteiger partial charge in [0.2, 0.25) is 5.91 Å². The number of hydrogen-bond acceptors (Lipinski definition) is 9. The fourth-order valence-corrected chi connectivity index (χ4v) is 3.91. The highest BCUT2D eigenvalue weighted by Gasteiger charge is 2.53. The number of halogens is 1. The van der Waals surface area contributed by atoms with E-state index in [2.05, 4.69) is 0 Å². The van der Waals surface area contributed by atoms with Crippen molar-refractivity contribution in [3.05, 3.63) is 22.7 Å². The molecule has 1 aliphatic heterocycles. The number of nitrogens with one attached hydrogen (secondary N) is 2. The van der Waals surface area contributed by atoms with Crippen LogP contribution in [0.2, 0.25) is 5.02 Å². The molecule has 0 saturated carbocycles. The van der Waals surface area contributed by atoms with E-state index in [1.807, 2.05) is 10.9 Å². The summed E-state index contributed by atoms with van der Waals surface area (Å²) in [6, 6.07) is -0.283. The van der Waals surface area contributed by atoms with Gasteiger partial charge in [-0.2, -0.15) is 0 Å². The number of carboxylic acids is 1. The second-order valence-corrected chi connectivity index (χ2v) is 9.07. The van der Waals surface area contributed by atoms with Gasteiger partial charge in [0.1, 0.15) is 11.4 Å². The van der Waals surface area contributed by atoms with Crippen LogP contribution in [-0.2, 0) is 25.0 Å². The van der Waals surface area contributed by atoms with E-state index in [0.717, 1.165) is 24.0 Å². The number of carboxylic acid groups (broad SMARTS) is 1. The van der Waals surface area contributed by atoms with Crippen molar-refractivity contribution in [3.63, 3.8) is 0 Å². The number of amides is 3. The molecule has 3 atom stereocenters. The highest BCUT2D eigenvalue weighted by Crippen LogP contribution is 2.35. The lowest BCUT2D eigenvalue weighted by atomic mass is 9.92. The Balaban J connectivity index is 2.07. The van der Waals surface area contributed by atoms with Crippen LogP contribution in [0.4, 0.5) is 4.79 Å². The van der Waals surface area contributed by atoms with Gasteiger partial charge in [-0.05, 0) is 26.0 Å². The minimum Gasteiger partial charge on any atom is -0.504 e. The molecule has 5 N–H and O–H groups in total. The van der Waals surface area contributed by atoms with E-state index in [1.165, 1.54) is 0 Å². The van der Waals surface area contributed by atoms with Crippen molar-refractivity contribution in [1.82, 2.24) is 15.8 Å². The number of phenolic OH excluding ortho intramolecular Hbond substituents is 2. The number of hydrazine groups is 1. The summed E-state index contributed by atoms with van der Waals surface area (Å²) < 4.78 is 26.4. The first-order valence-corrected chi connectivity index (χ1v) is 10.5. The third-order valence-corrected chi connectivity index (χ3v) is 6.45. The van der Waals surface area contributed by atoms with Crippen molar-refractivity contribution >= 4 is 46.2 Å². The number of ether oxygens (including phenoxy) is 1. The molecule has 0 bridgehead atoms. The Labute approximate surface area is 187 Å². The summed E-state index contributed by atoms with van der Waals surface area (Å²) in [4.78, 5) is 48.5. The number of likely N-dealkylation sites (tertiary alicyclic amines) is 1. The molecule has 1 aliphatic rings. The van der Waals surface area contributed by atoms with Crippen molar-refractivity contribution in [1.29, 1.82) is 0 Å². The minimum atomic E-state index is -3.50. The third-order valence-electron chi connectivity index (χ3n) is 4.86. The zero-order chi connectivity index (χ0) is 24.4. The Morgan fingerprint density at radius 1 is 1.31 bits per heavy atom. The lowest BCUT2D eigenvalue weighted by molar-refractivity contribution is -0.163. The third kappa shape index (κ3) is 4.80. The number of aromatic hydroxyl groups is 2. The molecule has 1 aromatic carbocycles. The van der Waals surface area contributed by atoms with Gasteiger partial charge in [0.05, 0.1) is 10.6 Å². The van der Waals surface area contributed by atoms with Crippen LogP contribution in [0.25, 0.3) is 0 Å². The SMILES string of the molecule is C[C@@H]1CC(=O)N1[C@@H](C(=O)O)[C@](C)(COC(=O)NNC(=O)c1ccc(O)c(O)c1Cl)[SH](=O)=O. The topological polar surface area (TPSA) is 200 Å². The van der Waals surface area contributed by atoms with Crippen molar-refractivity contribution in [2.45, 2.75) is 37.1 Å². The summed E-state index contributed by atoms with van der Waals surface area (Å²) in [5.74, 6) is -4.49. The summed E-state index contributed by atoms with van der Waals surface area (Å²) in [6.07, 6.45) is -1.29. The monoisotopic (exact) mass is 493 g/mol. The van der Waals surface area contributed by atoms with Crippen LogP contribution in [-0.4, -0.2) is 76.0 Å². The van der Waals surface area contributed by atoms with E-state index in [4.69, 9.17) is 16.3 Å². The quantitative estimate of drug-likeness (QED) is 0.125. The second kappa shape index (κ2) is 9.48. The molecule has 13 nitrogen and oxygen atoms in total. The molecular formula is C17H20ClN3O10S. The first-order valence-electron chi connectivity index (χ1n) is 8.93. The Bertz CT molecular complexity index is 1040. The fraction of sp³-hybridized carbons (Fsp3) is 0.412. The van der Waals surface area contributed by atoms with Gasteiger partial charge in [-0.1, -0.05) is 11.6 Å². The van der Waals surface area contributed by atoms with Crippen LogP contribution in [0.15, 0.2) is 12.1 Å². The second-order valence-electron chi connectivity index (χ2n) is 7.16. The van der Waals surface area contributed by atoms with Gasteiger partial charge in [-0.3, -0.25) is 15.0 Å². The number of thiol groups is 1. The predicted octanol–water partition coefficient (Wildman–Crippen LogP) is -0.434. The highest BCUT2D eigenvalue weighted by molar-refractivity contribution is 7.74. The number of carbonyl (C=O) groups excluding carboxylic acids is 3. The average Bonchev–Trinajstić information content (AvgIpc) is 2.72. The summed E-state index contributed by atoms with van der Waals surface area (Å²) in [7, 11) is -3.50. The van der Waals surface area contributed by atoms with Gasteiger partial charge in [0.25, 0.3) is 5.91 Å². The zero-order valence-electron chi connectivity index (χ0n) is 16.7. The Hall–Kier alpha value is -3.26. The summed E-state index contributed by atoms with van der Waals surface area (Å²) >= 11 is 5.73. The molecular weight excluding hydrogens is 474 g/mol. The molecule has 15 heteroatoms. The molecule has 32 heavy (non-hydrogen) atoms. The van der Waals surface area contributed by atoms with E-state index in [9.17, 15) is 42.9 Å². The lowest BCUT2D eigenvalue weighted by Crippen LogP contribution is -2.67. The number of hydrogen-bond donors (Lipinski definition) is 6. The van der Waals surface area contributed by atoms with Crippen molar-refractivity contribution in [3.8, 4) is 11.5 Å². The fourth-order valence-electron chi connectivity index (χ4n) is 3.06. The van der Waals surface area contributed by atoms with Gasteiger partial charge in [-0.15, -0.1) is 0 Å². The molecule has 0 aliphatic carbocycles. The zero-order valence-corrected chi connectivity index (χ0v) is 18.3. The molecule has 1 saturated heterocycles. The molecule has 1 heterocycles. The predicted molar refractivity (Wildman–Crippen MR) is 108 cm³/mol.